The molecule has 3 aromatic rings. The fraction of sp³-hybridized carbons (Fsp3) is 0.176. The molecule has 1 aromatic heterocycles. The van der Waals surface area contributed by atoms with Crippen LogP contribution in [-0.4, -0.2) is 7.11 Å². The van der Waals surface area contributed by atoms with Crippen LogP contribution in [-0.2, 0) is 0 Å². The van der Waals surface area contributed by atoms with Crippen LogP contribution in [0.25, 0.3) is 11.0 Å². The van der Waals surface area contributed by atoms with Gasteiger partial charge in [0.1, 0.15) is 17.1 Å². The number of rotatable bonds is 3. The number of hydrogen-bond donors (Lipinski definition) is 1. The third-order valence-corrected chi connectivity index (χ3v) is 4.41. The van der Waals surface area contributed by atoms with Crippen LogP contribution in [0.1, 0.15) is 22.9 Å². The van der Waals surface area contributed by atoms with E-state index in [1.165, 1.54) is 3.57 Å². The second kappa shape index (κ2) is 5.69. The van der Waals surface area contributed by atoms with Crippen molar-refractivity contribution in [3.8, 4) is 5.75 Å². The van der Waals surface area contributed by atoms with Crippen LogP contribution in [0.3, 0.4) is 0 Å². The van der Waals surface area contributed by atoms with Crippen LogP contribution in [0.5, 0.6) is 5.75 Å². The maximum atomic E-state index is 6.37. The summed E-state index contributed by atoms with van der Waals surface area (Å²) < 4.78 is 12.4. The second-order valence-corrected chi connectivity index (χ2v) is 6.23. The molecule has 1 atom stereocenters. The lowest BCUT2D eigenvalue weighted by Gasteiger charge is -2.10. The van der Waals surface area contributed by atoms with E-state index < -0.39 is 0 Å². The minimum absolute atomic E-state index is 0.264. The van der Waals surface area contributed by atoms with Crippen molar-refractivity contribution in [2.45, 2.75) is 13.0 Å². The first-order chi connectivity index (χ1) is 10.1. The summed E-state index contributed by atoms with van der Waals surface area (Å²) in [6, 6.07) is 13.8. The first-order valence-corrected chi connectivity index (χ1v) is 7.76. The molecule has 1 heterocycles. The predicted octanol–water partition coefficient (Wildman–Crippen LogP) is 4.40. The van der Waals surface area contributed by atoms with Gasteiger partial charge in [0.25, 0.3) is 0 Å². The quantitative estimate of drug-likeness (QED) is 0.671. The Morgan fingerprint density at radius 1 is 1.14 bits per heavy atom. The van der Waals surface area contributed by atoms with Gasteiger partial charge in [0.2, 0.25) is 0 Å². The number of benzene rings is 2. The van der Waals surface area contributed by atoms with Crippen molar-refractivity contribution < 1.29 is 9.15 Å². The van der Waals surface area contributed by atoms with Crippen molar-refractivity contribution in [1.82, 2.24) is 0 Å². The van der Waals surface area contributed by atoms with E-state index in [1.54, 1.807) is 7.11 Å². The summed E-state index contributed by atoms with van der Waals surface area (Å²) in [7, 11) is 1.65. The van der Waals surface area contributed by atoms with Gasteiger partial charge in [-0.05, 0) is 59.3 Å². The molecular weight excluding hydrogens is 377 g/mol. The number of halogens is 1. The Bertz CT molecular complexity index is 777. The highest BCUT2D eigenvalue weighted by molar-refractivity contribution is 14.1. The van der Waals surface area contributed by atoms with Gasteiger partial charge in [-0.2, -0.15) is 0 Å². The van der Waals surface area contributed by atoms with Crippen molar-refractivity contribution in [1.29, 1.82) is 0 Å². The molecule has 4 heteroatoms. The summed E-state index contributed by atoms with van der Waals surface area (Å²) >= 11 is 2.28. The molecule has 2 aromatic carbocycles. The summed E-state index contributed by atoms with van der Waals surface area (Å²) in [6.07, 6.45) is 0. The zero-order chi connectivity index (χ0) is 15.0. The maximum absolute atomic E-state index is 6.37. The lowest BCUT2D eigenvalue weighted by Crippen LogP contribution is -2.11. The number of nitrogens with two attached hydrogens (primary N) is 1. The SMILES string of the molecule is COc1ccc2c(C)c(C(N)c3ccc(I)cc3)oc2c1. The highest BCUT2D eigenvalue weighted by atomic mass is 127. The van der Waals surface area contributed by atoms with Crippen LogP contribution >= 0.6 is 22.6 Å². The Hall–Kier alpha value is -1.53. The third kappa shape index (κ3) is 2.65. The molecule has 21 heavy (non-hydrogen) atoms. The van der Waals surface area contributed by atoms with Gasteiger partial charge in [-0.1, -0.05) is 12.1 Å². The Morgan fingerprint density at radius 2 is 1.86 bits per heavy atom. The number of hydrogen-bond acceptors (Lipinski definition) is 3. The summed E-state index contributed by atoms with van der Waals surface area (Å²) in [5.41, 5.74) is 9.31. The first kappa shape index (κ1) is 14.4. The zero-order valence-corrected chi connectivity index (χ0v) is 14.0. The third-order valence-electron chi connectivity index (χ3n) is 3.69. The molecule has 0 spiro atoms. The summed E-state index contributed by atoms with van der Waals surface area (Å²) in [6.45, 7) is 2.04. The van der Waals surface area contributed by atoms with Crippen molar-refractivity contribution in [2.75, 3.05) is 7.11 Å². The van der Waals surface area contributed by atoms with Gasteiger partial charge in [0, 0.05) is 20.6 Å². The van der Waals surface area contributed by atoms with Crippen molar-refractivity contribution in [3.63, 3.8) is 0 Å². The standard InChI is InChI=1S/C17H16INO2/c1-10-14-8-7-13(20-2)9-15(14)21-17(10)16(19)11-3-5-12(18)6-4-11/h3-9,16H,19H2,1-2H3. The van der Waals surface area contributed by atoms with Crippen LogP contribution < -0.4 is 10.5 Å². The molecule has 3 rings (SSSR count). The fourth-order valence-electron chi connectivity index (χ4n) is 2.47. The van der Waals surface area contributed by atoms with Gasteiger partial charge in [-0.15, -0.1) is 0 Å². The van der Waals surface area contributed by atoms with E-state index >= 15 is 0 Å². The molecule has 0 bridgehead atoms. The van der Waals surface area contributed by atoms with Crippen LogP contribution in [0.4, 0.5) is 0 Å². The van der Waals surface area contributed by atoms with E-state index in [4.69, 9.17) is 14.9 Å². The molecule has 2 N–H and O–H groups in total. The maximum Gasteiger partial charge on any atom is 0.138 e. The molecule has 0 saturated carbocycles. The van der Waals surface area contributed by atoms with E-state index in [0.29, 0.717) is 0 Å². The van der Waals surface area contributed by atoms with E-state index in [-0.39, 0.29) is 6.04 Å². The zero-order valence-electron chi connectivity index (χ0n) is 11.9. The molecule has 0 amide bonds. The van der Waals surface area contributed by atoms with Gasteiger partial charge in [0.15, 0.2) is 0 Å². The van der Waals surface area contributed by atoms with Gasteiger partial charge in [-0.3, -0.25) is 0 Å². The predicted molar refractivity (Wildman–Crippen MR) is 92.7 cm³/mol. The van der Waals surface area contributed by atoms with E-state index in [2.05, 4.69) is 34.7 Å². The van der Waals surface area contributed by atoms with Gasteiger partial charge in [-0.25, -0.2) is 0 Å². The Balaban J connectivity index is 2.07. The lowest BCUT2D eigenvalue weighted by molar-refractivity contribution is 0.414. The van der Waals surface area contributed by atoms with Gasteiger partial charge < -0.3 is 14.9 Å². The molecule has 0 aliphatic carbocycles. The number of methoxy groups -OCH3 is 1. The lowest BCUT2D eigenvalue weighted by atomic mass is 10.0. The minimum atomic E-state index is -0.264. The first-order valence-electron chi connectivity index (χ1n) is 6.68. The number of fused-ring (bicyclic) bond motifs is 1. The van der Waals surface area contributed by atoms with Crippen molar-refractivity contribution in [2.24, 2.45) is 5.73 Å². The van der Waals surface area contributed by atoms with E-state index in [9.17, 15) is 0 Å². The largest absolute Gasteiger partial charge is 0.497 e. The van der Waals surface area contributed by atoms with Crippen molar-refractivity contribution in [3.05, 3.63) is 62.9 Å². The highest BCUT2D eigenvalue weighted by Gasteiger charge is 2.19. The minimum Gasteiger partial charge on any atom is -0.497 e. The molecule has 1 unspecified atom stereocenters. The van der Waals surface area contributed by atoms with Gasteiger partial charge >= 0.3 is 0 Å². The molecule has 0 fully saturated rings. The number of furan rings is 1. The Labute approximate surface area is 137 Å². The van der Waals surface area contributed by atoms with Crippen LogP contribution in [0.15, 0.2) is 46.9 Å². The molecule has 0 aliphatic heterocycles. The molecular formula is C17H16INO2. The summed E-state index contributed by atoms with van der Waals surface area (Å²) in [4.78, 5) is 0. The van der Waals surface area contributed by atoms with E-state index in [0.717, 1.165) is 33.6 Å². The molecule has 0 radical (unpaired) electrons. The highest BCUT2D eigenvalue weighted by Crippen LogP contribution is 2.33. The van der Waals surface area contributed by atoms with Crippen LogP contribution in [0.2, 0.25) is 0 Å². The second-order valence-electron chi connectivity index (χ2n) is 4.98. The monoisotopic (exact) mass is 393 g/mol. The van der Waals surface area contributed by atoms with Gasteiger partial charge in [0.05, 0.1) is 13.2 Å². The molecule has 108 valence electrons. The average molecular weight is 393 g/mol. The topological polar surface area (TPSA) is 48.4 Å². The number of aryl methyl sites for hydroxylation is 1. The van der Waals surface area contributed by atoms with Crippen LogP contribution in [0, 0.1) is 10.5 Å². The number of ether oxygens (including phenoxy) is 1. The smallest absolute Gasteiger partial charge is 0.138 e. The Kier molecular flexibility index (Phi) is 3.91. The summed E-state index contributed by atoms with van der Waals surface area (Å²) in [5.74, 6) is 1.59. The fourth-order valence-corrected chi connectivity index (χ4v) is 2.83. The average Bonchev–Trinajstić information content (AvgIpc) is 2.83. The Morgan fingerprint density at radius 3 is 2.52 bits per heavy atom. The van der Waals surface area contributed by atoms with E-state index in [1.807, 2.05) is 37.3 Å². The molecule has 0 aliphatic rings. The summed E-state index contributed by atoms with van der Waals surface area (Å²) in [5, 5.41) is 1.08. The molecule has 3 nitrogen and oxygen atoms in total. The normalized spacial score (nSPS) is 12.6. The molecule has 0 saturated heterocycles. The van der Waals surface area contributed by atoms with Crippen molar-refractivity contribution >= 4 is 33.6 Å².